The van der Waals surface area contributed by atoms with E-state index in [4.69, 9.17) is 14.2 Å². The van der Waals surface area contributed by atoms with Gasteiger partial charge >= 0.3 is 12.0 Å². The second kappa shape index (κ2) is 8.43. The summed E-state index contributed by atoms with van der Waals surface area (Å²) in [7, 11) is 0. The first-order valence-corrected chi connectivity index (χ1v) is 9.91. The van der Waals surface area contributed by atoms with Crippen molar-refractivity contribution < 1.29 is 23.8 Å². The molecule has 29 heavy (non-hydrogen) atoms. The minimum absolute atomic E-state index is 0.275. The number of anilines is 1. The Hall–Kier alpha value is -3.22. The summed E-state index contributed by atoms with van der Waals surface area (Å²) in [5, 5.41) is 5.60. The van der Waals surface area contributed by atoms with Gasteiger partial charge in [0.2, 0.25) is 0 Å². The lowest BCUT2D eigenvalue weighted by Gasteiger charge is -2.14. The van der Waals surface area contributed by atoms with Gasteiger partial charge in [-0.15, -0.1) is 0 Å². The maximum Gasteiger partial charge on any atom is 0.340 e. The van der Waals surface area contributed by atoms with Crippen LogP contribution >= 0.6 is 0 Å². The van der Waals surface area contributed by atoms with Crippen molar-refractivity contribution in [2.75, 3.05) is 31.7 Å². The van der Waals surface area contributed by atoms with Crippen molar-refractivity contribution in [2.45, 2.75) is 26.2 Å². The molecule has 0 aromatic heterocycles. The van der Waals surface area contributed by atoms with E-state index in [2.05, 4.69) is 16.7 Å². The Labute approximate surface area is 169 Å². The van der Waals surface area contributed by atoms with Crippen LogP contribution < -0.4 is 20.1 Å². The van der Waals surface area contributed by atoms with E-state index in [0.29, 0.717) is 37.4 Å². The van der Waals surface area contributed by atoms with Crippen molar-refractivity contribution in [3.05, 3.63) is 52.6 Å². The van der Waals surface area contributed by atoms with Gasteiger partial charge < -0.3 is 24.8 Å². The van der Waals surface area contributed by atoms with E-state index < -0.39 is 5.97 Å². The average molecular weight is 396 g/mol. The molecule has 2 amide bonds. The van der Waals surface area contributed by atoms with Crippen molar-refractivity contribution >= 4 is 17.7 Å². The molecule has 4 rings (SSSR count). The molecule has 0 atom stereocenters. The number of fused-ring (bicyclic) bond motifs is 2. The van der Waals surface area contributed by atoms with Crippen LogP contribution in [-0.2, 0) is 24.0 Å². The third-order valence-electron chi connectivity index (χ3n) is 5.09. The number of para-hydroxylation sites is 1. The number of rotatable bonds is 6. The number of nitrogens with one attached hydrogen (secondary N) is 2. The molecule has 0 bridgehead atoms. The largest absolute Gasteiger partial charge is 0.493 e. The average Bonchev–Trinajstić information content (AvgIpc) is 3.37. The van der Waals surface area contributed by atoms with Gasteiger partial charge in [0.1, 0.15) is 11.5 Å². The summed E-state index contributed by atoms with van der Waals surface area (Å²) in [5.74, 6) is 1.43. The van der Waals surface area contributed by atoms with E-state index in [0.717, 1.165) is 29.9 Å². The third kappa shape index (κ3) is 3.99. The molecule has 152 valence electrons. The summed E-state index contributed by atoms with van der Waals surface area (Å²) in [5.41, 5.74) is 4.23. The van der Waals surface area contributed by atoms with Crippen LogP contribution in [0.3, 0.4) is 0 Å². The summed E-state index contributed by atoms with van der Waals surface area (Å²) in [4.78, 5) is 24.4. The zero-order chi connectivity index (χ0) is 20.2. The maximum atomic E-state index is 12.4. The third-order valence-corrected chi connectivity index (χ3v) is 5.09. The molecule has 0 spiro atoms. The van der Waals surface area contributed by atoms with Gasteiger partial charge in [0.05, 0.1) is 31.1 Å². The van der Waals surface area contributed by atoms with E-state index in [9.17, 15) is 9.59 Å². The Morgan fingerprint density at radius 2 is 1.97 bits per heavy atom. The SMILES string of the molecule is CCOC(=O)c1ccccc1NC(=O)NCCc1c2c(cc3c1OCC3)OCC2. The van der Waals surface area contributed by atoms with Gasteiger partial charge in [0.25, 0.3) is 0 Å². The number of benzene rings is 2. The number of hydrogen-bond acceptors (Lipinski definition) is 5. The summed E-state index contributed by atoms with van der Waals surface area (Å²) in [6.45, 7) is 3.83. The summed E-state index contributed by atoms with van der Waals surface area (Å²) < 4.78 is 16.6. The van der Waals surface area contributed by atoms with Gasteiger partial charge in [-0.25, -0.2) is 9.59 Å². The Kier molecular flexibility index (Phi) is 5.55. The van der Waals surface area contributed by atoms with E-state index in [1.54, 1.807) is 31.2 Å². The molecule has 0 fully saturated rings. The summed E-state index contributed by atoms with van der Waals surface area (Å²) >= 11 is 0. The Balaban J connectivity index is 1.40. The predicted molar refractivity (Wildman–Crippen MR) is 108 cm³/mol. The monoisotopic (exact) mass is 396 g/mol. The molecule has 0 unspecified atom stereocenters. The number of amides is 2. The second-order valence-electron chi connectivity index (χ2n) is 6.91. The smallest absolute Gasteiger partial charge is 0.340 e. The fourth-order valence-corrected chi connectivity index (χ4v) is 3.80. The van der Waals surface area contributed by atoms with E-state index >= 15 is 0 Å². The first-order chi connectivity index (χ1) is 14.2. The minimum Gasteiger partial charge on any atom is -0.493 e. The molecule has 2 aliphatic rings. The summed E-state index contributed by atoms with van der Waals surface area (Å²) in [6, 6.07) is 8.50. The molecular formula is C22H24N2O5. The molecular weight excluding hydrogens is 372 g/mol. The lowest BCUT2D eigenvalue weighted by atomic mass is 9.97. The van der Waals surface area contributed by atoms with Gasteiger partial charge in [-0.1, -0.05) is 12.1 Å². The minimum atomic E-state index is -0.462. The van der Waals surface area contributed by atoms with Gasteiger partial charge in [-0.3, -0.25) is 0 Å². The molecule has 2 aromatic rings. The molecule has 7 heteroatoms. The second-order valence-corrected chi connectivity index (χ2v) is 6.91. The lowest BCUT2D eigenvalue weighted by molar-refractivity contribution is 0.0527. The number of carbonyl (C=O) groups is 2. The number of ether oxygens (including phenoxy) is 3. The molecule has 0 saturated heterocycles. The summed E-state index contributed by atoms with van der Waals surface area (Å²) in [6.07, 6.45) is 2.40. The van der Waals surface area contributed by atoms with E-state index in [-0.39, 0.29) is 12.6 Å². The molecule has 2 N–H and O–H groups in total. The van der Waals surface area contributed by atoms with Crippen LogP contribution in [0.2, 0.25) is 0 Å². The fraction of sp³-hybridized carbons (Fsp3) is 0.364. The van der Waals surface area contributed by atoms with Gasteiger partial charge in [-0.05, 0) is 31.5 Å². The number of hydrogen-bond donors (Lipinski definition) is 2. The van der Waals surface area contributed by atoms with E-state index in [1.807, 2.05) is 0 Å². The van der Waals surface area contributed by atoms with Crippen LogP contribution in [0.4, 0.5) is 10.5 Å². The lowest BCUT2D eigenvalue weighted by Crippen LogP contribution is -2.31. The van der Waals surface area contributed by atoms with Gasteiger partial charge in [0.15, 0.2) is 0 Å². The van der Waals surface area contributed by atoms with Gasteiger partial charge in [0, 0.05) is 36.1 Å². The fourth-order valence-electron chi connectivity index (χ4n) is 3.80. The Morgan fingerprint density at radius 3 is 2.83 bits per heavy atom. The Bertz CT molecular complexity index is 909. The molecule has 0 aliphatic carbocycles. The van der Waals surface area contributed by atoms with Crippen molar-refractivity contribution in [1.82, 2.24) is 5.32 Å². The molecule has 7 nitrogen and oxygen atoms in total. The molecule has 0 saturated carbocycles. The highest BCUT2D eigenvalue weighted by Crippen LogP contribution is 2.40. The van der Waals surface area contributed by atoms with Crippen molar-refractivity contribution in [3.8, 4) is 11.5 Å². The first kappa shape index (κ1) is 19.1. The normalized spacial score (nSPS) is 13.7. The standard InChI is InChI=1S/C22H24N2O5/c1-2-27-21(25)17-5-3-4-6-18(17)24-22(26)23-10-7-16-15-9-12-28-19(15)13-14-8-11-29-20(14)16/h3-6,13H,2,7-12H2,1H3,(H2,23,24,26). The van der Waals surface area contributed by atoms with Gasteiger partial charge in [-0.2, -0.15) is 0 Å². The number of esters is 1. The van der Waals surface area contributed by atoms with Crippen LogP contribution in [0.25, 0.3) is 0 Å². The molecule has 2 heterocycles. The Morgan fingerprint density at radius 1 is 1.14 bits per heavy atom. The zero-order valence-corrected chi connectivity index (χ0v) is 16.4. The van der Waals surface area contributed by atoms with Crippen LogP contribution in [0, 0.1) is 0 Å². The predicted octanol–water partition coefficient (Wildman–Crippen LogP) is 3.10. The first-order valence-electron chi connectivity index (χ1n) is 9.91. The van der Waals surface area contributed by atoms with Crippen LogP contribution in [0.1, 0.15) is 34.0 Å². The maximum absolute atomic E-state index is 12.4. The number of urea groups is 1. The molecule has 2 aliphatic heterocycles. The van der Waals surface area contributed by atoms with Crippen molar-refractivity contribution in [2.24, 2.45) is 0 Å². The van der Waals surface area contributed by atoms with Crippen LogP contribution in [-0.4, -0.2) is 38.4 Å². The topological polar surface area (TPSA) is 85.9 Å². The van der Waals surface area contributed by atoms with Crippen LogP contribution in [0.15, 0.2) is 30.3 Å². The highest BCUT2D eigenvalue weighted by Gasteiger charge is 2.26. The van der Waals surface area contributed by atoms with Crippen LogP contribution in [0.5, 0.6) is 11.5 Å². The molecule has 0 radical (unpaired) electrons. The van der Waals surface area contributed by atoms with Crippen molar-refractivity contribution in [1.29, 1.82) is 0 Å². The quantitative estimate of drug-likeness (QED) is 0.733. The van der Waals surface area contributed by atoms with Crippen molar-refractivity contribution in [3.63, 3.8) is 0 Å². The number of carbonyl (C=O) groups excluding carboxylic acids is 2. The zero-order valence-electron chi connectivity index (χ0n) is 16.4. The van der Waals surface area contributed by atoms with E-state index in [1.165, 1.54) is 11.1 Å². The highest BCUT2D eigenvalue weighted by atomic mass is 16.5. The molecule has 2 aromatic carbocycles. The highest BCUT2D eigenvalue weighted by molar-refractivity contribution is 6.00.